The maximum absolute atomic E-state index is 11.7. The van der Waals surface area contributed by atoms with E-state index in [1.54, 1.807) is 6.20 Å². The molecule has 1 saturated heterocycles. The number of hydrogen-bond acceptors (Lipinski definition) is 4. The van der Waals surface area contributed by atoms with Gasteiger partial charge in [-0.2, -0.15) is 0 Å². The molecule has 0 aliphatic carbocycles. The Kier molecular flexibility index (Phi) is 3.96. The SMILES string of the molecule is Cc1cnc(NC(=O)NC2CCN(C)CC2)s1. The number of aryl methyl sites for hydroxylation is 1. The van der Waals surface area contributed by atoms with Crippen LogP contribution in [0.15, 0.2) is 6.20 Å². The Morgan fingerprint density at radius 2 is 2.24 bits per heavy atom. The molecule has 1 aliphatic rings. The Bertz CT molecular complexity index is 385. The molecule has 0 aromatic carbocycles. The Labute approximate surface area is 105 Å². The van der Waals surface area contributed by atoms with Crippen molar-refractivity contribution in [3.8, 4) is 0 Å². The van der Waals surface area contributed by atoms with Gasteiger partial charge in [0.2, 0.25) is 0 Å². The number of rotatable bonds is 2. The Morgan fingerprint density at radius 3 is 2.82 bits per heavy atom. The molecule has 1 aromatic rings. The molecule has 2 N–H and O–H groups in total. The third-order valence-electron chi connectivity index (χ3n) is 2.90. The zero-order valence-electron chi connectivity index (χ0n) is 10.2. The van der Waals surface area contributed by atoms with Gasteiger partial charge in [-0.25, -0.2) is 9.78 Å². The highest BCUT2D eigenvalue weighted by Gasteiger charge is 2.18. The first-order valence-corrected chi connectivity index (χ1v) is 6.63. The van der Waals surface area contributed by atoms with E-state index in [0.29, 0.717) is 5.13 Å². The average Bonchev–Trinajstić information content (AvgIpc) is 2.67. The number of nitrogens with zero attached hydrogens (tertiary/aromatic N) is 2. The second kappa shape index (κ2) is 5.46. The monoisotopic (exact) mass is 254 g/mol. The number of piperidine rings is 1. The fourth-order valence-corrected chi connectivity index (χ4v) is 2.54. The minimum Gasteiger partial charge on any atom is -0.335 e. The summed E-state index contributed by atoms with van der Waals surface area (Å²) >= 11 is 1.49. The van der Waals surface area contributed by atoms with Crippen LogP contribution in [0.4, 0.5) is 9.93 Å². The zero-order chi connectivity index (χ0) is 12.3. The Morgan fingerprint density at radius 1 is 1.53 bits per heavy atom. The van der Waals surface area contributed by atoms with Crippen LogP contribution in [0.3, 0.4) is 0 Å². The van der Waals surface area contributed by atoms with Crippen LogP contribution in [0.5, 0.6) is 0 Å². The third-order valence-corrected chi connectivity index (χ3v) is 3.72. The molecule has 94 valence electrons. The molecule has 0 spiro atoms. The molecule has 0 saturated carbocycles. The smallest absolute Gasteiger partial charge is 0.321 e. The number of carbonyl (C=O) groups excluding carboxylic acids is 1. The number of hydrogen-bond donors (Lipinski definition) is 2. The molecule has 5 nitrogen and oxygen atoms in total. The van der Waals surface area contributed by atoms with Crippen molar-refractivity contribution in [1.82, 2.24) is 15.2 Å². The van der Waals surface area contributed by atoms with Crippen LogP contribution in [-0.4, -0.2) is 42.1 Å². The number of carbonyl (C=O) groups is 1. The van der Waals surface area contributed by atoms with Gasteiger partial charge in [0.05, 0.1) is 0 Å². The largest absolute Gasteiger partial charge is 0.335 e. The molecule has 6 heteroatoms. The zero-order valence-corrected chi connectivity index (χ0v) is 11.0. The van der Waals surface area contributed by atoms with Gasteiger partial charge < -0.3 is 10.2 Å². The predicted octanol–water partition coefficient (Wildman–Crippen LogP) is 1.67. The minimum atomic E-state index is -0.145. The number of aromatic nitrogens is 1. The van der Waals surface area contributed by atoms with E-state index in [4.69, 9.17) is 0 Å². The summed E-state index contributed by atoms with van der Waals surface area (Å²) in [6.45, 7) is 4.06. The second-order valence-electron chi connectivity index (χ2n) is 4.45. The summed E-state index contributed by atoms with van der Waals surface area (Å²) in [4.78, 5) is 19.2. The molecule has 0 atom stereocenters. The predicted molar refractivity (Wildman–Crippen MR) is 69.5 cm³/mol. The van der Waals surface area contributed by atoms with Gasteiger partial charge >= 0.3 is 6.03 Å². The summed E-state index contributed by atoms with van der Waals surface area (Å²) < 4.78 is 0. The first kappa shape index (κ1) is 12.3. The van der Waals surface area contributed by atoms with Gasteiger partial charge in [-0.3, -0.25) is 5.32 Å². The summed E-state index contributed by atoms with van der Waals surface area (Å²) in [7, 11) is 2.11. The van der Waals surface area contributed by atoms with Crippen LogP contribution in [0, 0.1) is 6.92 Å². The molecule has 0 bridgehead atoms. The number of likely N-dealkylation sites (tertiary alicyclic amines) is 1. The van der Waals surface area contributed by atoms with Crippen molar-refractivity contribution in [3.63, 3.8) is 0 Å². The van der Waals surface area contributed by atoms with Crippen molar-refractivity contribution in [2.45, 2.75) is 25.8 Å². The topological polar surface area (TPSA) is 57.3 Å². The van der Waals surface area contributed by atoms with Crippen LogP contribution < -0.4 is 10.6 Å². The highest BCUT2D eigenvalue weighted by atomic mass is 32.1. The van der Waals surface area contributed by atoms with Crippen LogP contribution in [0.25, 0.3) is 0 Å². The lowest BCUT2D eigenvalue weighted by atomic mass is 10.1. The first-order chi connectivity index (χ1) is 8.13. The highest BCUT2D eigenvalue weighted by molar-refractivity contribution is 7.15. The van der Waals surface area contributed by atoms with Crippen LogP contribution in [0.1, 0.15) is 17.7 Å². The van der Waals surface area contributed by atoms with Crippen molar-refractivity contribution in [2.75, 3.05) is 25.5 Å². The Balaban J connectivity index is 1.77. The molecule has 0 radical (unpaired) electrons. The van der Waals surface area contributed by atoms with Crippen molar-refractivity contribution in [1.29, 1.82) is 0 Å². The van der Waals surface area contributed by atoms with Gasteiger partial charge in [0.15, 0.2) is 5.13 Å². The van der Waals surface area contributed by atoms with E-state index in [0.717, 1.165) is 30.8 Å². The lowest BCUT2D eigenvalue weighted by Gasteiger charge is -2.29. The number of urea groups is 1. The summed E-state index contributed by atoms with van der Waals surface area (Å²) in [5.41, 5.74) is 0. The van der Waals surface area contributed by atoms with Crippen LogP contribution in [0.2, 0.25) is 0 Å². The second-order valence-corrected chi connectivity index (χ2v) is 5.69. The fourth-order valence-electron chi connectivity index (χ4n) is 1.88. The van der Waals surface area contributed by atoms with E-state index in [-0.39, 0.29) is 12.1 Å². The summed E-state index contributed by atoms with van der Waals surface area (Å²) in [6.07, 6.45) is 3.79. The van der Waals surface area contributed by atoms with E-state index < -0.39 is 0 Å². The van der Waals surface area contributed by atoms with Crippen LogP contribution in [-0.2, 0) is 0 Å². The van der Waals surface area contributed by atoms with E-state index in [1.807, 2.05) is 6.92 Å². The van der Waals surface area contributed by atoms with Gasteiger partial charge in [0.1, 0.15) is 0 Å². The summed E-state index contributed by atoms with van der Waals surface area (Å²) in [5.74, 6) is 0. The molecule has 2 heterocycles. The third kappa shape index (κ3) is 3.67. The molecule has 17 heavy (non-hydrogen) atoms. The van der Waals surface area contributed by atoms with Crippen LogP contribution >= 0.6 is 11.3 Å². The molecule has 0 unspecified atom stereocenters. The molecule has 1 fully saturated rings. The lowest BCUT2D eigenvalue weighted by Crippen LogP contribution is -2.44. The summed E-state index contributed by atoms with van der Waals surface area (Å²) in [6, 6.07) is 0.140. The van der Waals surface area contributed by atoms with Gasteiger partial charge in [0.25, 0.3) is 0 Å². The van der Waals surface area contributed by atoms with Gasteiger partial charge in [0, 0.05) is 17.1 Å². The van der Waals surface area contributed by atoms with Crippen molar-refractivity contribution in [3.05, 3.63) is 11.1 Å². The quantitative estimate of drug-likeness (QED) is 0.844. The maximum atomic E-state index is 11.7. The summed E-state index contributed by atoms with van der Waals surface area (Å²) in [5, 5.41) is 6.41. The fraction of sp³-hybridized carbons (Fsp3) is 0.636. The van der Waals surface area contributed by atoms with Crippen molar-refractivity contribution >= 4 is 22.5 Å². The first-order valence-electron chi connectivity index (χ1n) is 5.82. The minimum absolute atomic E-state index is 0.145. The average molecular weight is 254 g/mol. The number of nitrogens with one attached hydrogen (secondary N) is 2. The maximum Gasteiger partial charge on any atom is 0.321 e. The highest BCUT2D eigenvalue weighted by Crippen LogP contribution is 2.16. The van der Waals surface area contributed by atoms with Gasteiger partial charge in [-0.15, -0.1) is 11.3 Å². The van der Waals surface area contributed by atoms with E-state index in [9.17, 15) is 4.79 Å². The molecule has 1 aliphatic heterocycles. The molecular formula is C11H18N4OS. The molecule has 2 amide bonds. The number of anilines is 1. The normalized spacial score (nSPS) is 18.0. The van der Waals surface area contributed by atoms with E-state index in [2.05, 4.69) is 27.6 Å². The van der Waals surface area contributed by atoms with Gasteiger partial charge in [-0.1, -0.05) is 0 Å². The standard InChI is InChI=1S/C11H18N4OS/c1-8-7-12-11(17-8)14-10(16)13-9-3-5-15(2)6-4-9/h7,9H,3-6H2,1-2H3,(H2,12,13,14,16). The Hall–Kier alpha value is -1.14. The number of amides is 2. The van der Waals surface area contributed by atoms with Crippen molar-refractivity contribution < 1.29 is 4.79 Å². The van der Waals surface area contributed by atoms with E-state index in [1.165, 1.54) is 11.3 Å². The van der Waals surface area contributed by atoms with Gasteiger partial charge in [-0.05, 0) is 39.9 Å². The molecule has 2 rings (SSSR count). The molecular weight excluding hydrogens is 236 g/mol. The lowest BCUT2D eigenvalue weighted by molar-refractivity contribution is 0.221. The number of thiazole rings is 1. The van der Waals surface area contributed by atoms with E-state index >= 15 is 0 Å². The van der Waals surface area contributed by atoms with Crippen molar-refractivity contribution in [2.24, 2.45) is 0 Å². The molecule has 1 aromatic heterocycles.